The van der Waals surface area contributed by atoms with Crippen molar-refractivity contribution in [3.8, 4) is 5.75 Å². The molecule has 1 aliphatic heterocycles. The van der Waals surface area contributed by atoms with Crippen LogP contribution < -0.4 is 10.9 Å². The van der Waals surface area contributed by atoms with Crippen molar-refractivity contribution in [2.24, 2.45) is 0 Å². The number of nitrogens with one attached hydrogen (secondary N) is 2. The van der Waals surface area contributed by atoms with Crippen LogP contribution in [0.1, 0.15) is 42.3 Å². The Bertz CT molecular complexity index is 1450. The fraction of sp³-hybridized carbons (Fsp3) is 0.231. The van der Waals surface area contributed by atoms with E-state index >= 15 is 0 Å². The average molecular weight is 543 g/mol. The van der Waals surface area contributed by atoms with Crippen LogP contribution in [-0.2, 0) is 17.8 Å². The largest absolute Gasteiger partial charge is 0.502 e. The smallest absolute Gasteiger partial charge is 0.357 e. The van der Waals surface area contributed by atoms with Crippen molar-refractivity contribution in [2.75, 3.05) is 26.7 Å². The molecule has 0 saturated carbocycles. The van der Waals surface area contributed by atoms with E-state index in [2.05, 4.69) is 10.3 Å². The van der Waals surface area contributed by atoms with Crippen molar-refractivity contribution < 1.29 is 28.7 Å². The van der Waals surface area contributed by atoms with Crippen LogP contribution in [0.5, 0.6) is 5.75 Å². The Morgan fingerprint density at radius 2 is 1.95 bits per heavy atom. The van der Waals surface area contributed by atoms with Crippen molar-refractivity contribution in [3.63, 3.8) is 0 Å². The second-order valence-electron chi connectivity index (χ2n) is 8.61. The lowest BCUT2D eigenvalue weighted by molar-refractivity contribution is -0.0887. The van der Waals surface area contributed by atoms with Gasteiger partial charge in [-0.3, -0.25) is 14.4 Å². The molecule has 198 valence electrons. The zero-order valence-corrected chi connectivity index (χ0v) is 21.0. The number of benzene rings is 2. The van der Waals surface area contributed by atoms with Crippen molar-refractivity contribution in [3.05, 3.63) is 97.7 Å². The maximum absolute atomic E-state index is 13.5. The molecule has 2 amide bonds. The van der Waals surface area contributed by atoms with Crippen LogP contribution in [0, 0.1) is 5.82 Å². The number of hydrogen-bond acceptors (Lipinski definition) is 7. The molecule has 4 rings (SSSR count). The normalized spacial score (nSPS) is 12.8. The van der Waals surface area contributed by atoms with Gasteiger partial charge in [0.15, 0.2) is 5.75 Å². The van der Waals surface area contributed by atoms with E-state index in [9.17, 15) is 28.7 Å². The molecule has 0 fully saturated rings. The van der Waals surface area contributed by atoms with Gasteiger partial charge in [-0.25, -0.2) is 9.18 Å². The molecule has 0 aliphatic carbocycles. The Balaban J connectivity index is 1.43. The van der Waals surface area contributed by atoms with Gasteiger partial charge in [-0.2, -0.15) is 0 Å². The Hall–Kier alpha value is -4.22. The maximum atomic E-state index is 13.5. The number of aromatic nitrogens is 1. The number of halogens is 2. The number of fused-ring (bicyclic) bond motifs is 1. The third kappa shape index (κ3) is 5.84. The van der Waals surface area contributed by atoms with E-state index < -0.39 is 34.9 Å². The van der Waals surface area contributed by atoms with Crippen LogP contribution in [0.3, 0.4) is 0 Å². The zero-order chi connectivity index (χ0) is 27.4. The van der Waals surface area contributed by atoms with Crippen LogP contribution in [0.2, 0.25) is 5.02 Å². The highest BCUT2D eigenvalue weighted by Gasteiger charge is 2.33. The fourth-order valence-corrected chi connectivity index (χ4v) is 4.25. The van der Waals surface area contributed by atoms with E-state index in [1.165, 1.54) is 35.2 Å². The molecule has 0 saturated heterocycles. The first-order valence-electron chi connectivity index (χ1n) is 11.6. The van der Waals surface area contributed by atoms with Crippen LogP contribution in [0.25, 0.3) is 0 Å². The summed E-state index contributed by atoms with van der Waals surface area (Å²) < 4.78 is 13.5. The summed E-state index contributed by atoms with van der Waals surface area (Å²) in [5.74, 6) is -3.23. The summed E-state index contributed by atoms with van der Waals surface area (Å²) in [7, 11) is 1.53. The van der Waals surface area contributed by atoms with Gasteiger partial charge in [-0.1, -0.05) is 35.9 Å². The van der Waals surface area contributed by atoms with Gasteiger partial charge < -0.3 is 25.1 Å². The summed E-state index contributed by atoms with van der Waals surface area (Å²) in [6.07, 6.45) is 0.178. The highest BCUT2D eigenvalue weighted by atomic mass is 35.5. The average Bonchev–Trinajstić information content (AvgIpc) is 2.90. The number of pyridine rings is 1. The molecule has 2 aromatic carbocycles. The first kappa shape index (κ1) is 26.8. The number of aromatic hydroxyl groups is 1. The summed E-state index contributed by atoms with van der Waals surface area (Å²) in [4.78, 5) is 59.5. The molecular formula is C26H24ClFN4O6. The Kier molecular flexibility index (Phi) is 8.08. The van der Waals surface area contributed by atoms with Crippen molar-refractivity contribution >= 4 is 29.4 Å². The monoisotopic (exact) mass is 542 g/mol. The summed E-state index contributed by atoms with van der Waals surface area (Å²) in [6, 6.07) is 12.5. The number of hydroxylamine groups is 2. The number of carbonyl (C=O) groups is 3. The second-order valence-corrected chi connectivity index (χ2v) is 9.02. The van der Waals surface area contributed by atoms with Gasteiger partial charge in [0.05, 0.1) is 22.7 Å². The summed E-state index contributed by atoms with van der Waals surface area (Å²) in [6.45, 7) is 0.451. The van der Waals surface area contributed by atoms with Crippen molar-refractivity contribution in [2.45, 2.75) is 13.0 Å². The summed E-state index contributed by atoms with van der Waals surface area (Å²) >= 11 is 5.83. The van der Waals surface area contributed by atoms with E-state index in [1.807, 2.05) is 0 Å². The van der Waals surface area contributed by atoms with Crippen molar-refractivity contribution in [1.82, 2.24) is 20.3 Å². The van der Waals surface area contributed by atoms with Crippen LogP contribution in [0.15, 0.2) is 53.3 Å². The second kappa shape index (κ2) is 11.4. The van der Waals surface area contributed by atoms with Crippen LogP contribution in [-0.4, -0.2) is 64.5 Å². The van der Waals surface area contributed by atoms with Gasteiger partial charge in [-0.05, 0) is 41.8 Å². The third-order valence-electron chi connectivity index (χ3n) is 5.97. The molecule has 3 aromatic rings. The van der Waals surface area contributed by atoms with Crippen molar-refractivity contribution in [1.29, 1.82) is 0 Å². The predicted octanol–water partition coefficient (Wildman–Crippen LogP) is 2.51. The van der Waals surface area contributed by atoms with Gasteiger partial charge >= 0.3 is 5.97 Å². The number of nitrogens with zero attached hydrogens (tertiary/aromatic N) is 2. The number of H-pyrrole nitrogens is 1. The van der Waals surface area contributed by atoms with E-state index in [4.69, 9.17) is 16.4 Å². The van der Waals surface area contributed by atoms with Gasteiger partial charge in [0.25, 0.3) is 17.4 Å². The molecule has 0 atom stereocenters. The first-order valence-corrected chi connectivity index (χ1v) is 12.0. The maximum Gasteiger partial charge on any atom is 0.357 e. The molecule has 0 spiro atoms. The van der Waals surface area contributed by atoms with Gasteiger partial charge in [-0.15, -0.1) is 5.06 Å². The Morgan fingerprint density at radius 3 is 2.66 bits per heavy atom. The molecule has 38 heavy (non-hydrogen) atoms. The van der Waals surface area contributed by atoms with Crippen LogP contribution >= 0.6 is 11.6 Å². The topological polar surface area (TPSA) is 132 Å². The lowest BCUT2D eigenvalue weighted by atomic mass is 9.96. The summed E-state index contributed by atoms with van der Waals surface area (Å²) in [5.41, 5.74) is -0.230. The van der Waals surface area contributed by atoms with Gasteiger partial charge in [0.1, 0.15) is 11.5 Å². The Labute approximate surface area is 221 Å². The summed E-state index contributed by atoms with van der Waals surface area (Å²) in [5, 5.41) is 14.1. The van der Waals surface area contributed by atoms with E-state index in [1.54, 1.807) is 30.3 Å². The van der Waals surface area contributed by atoms with Gasteiger partial charge in [0.2, 0.25) is 0 Å². The molecular weight excluding hydrogens is 519 g/mol. The lowest BCUT2D eigenvalue weighted by Gasteiger charge is -2.30. The minimum Gasteiger partial charge on any atom is -0.502 e. The molecule has 0 unspecified atom stereocenters. The molecule has 3 N–H and O–H groups in total. The molecule has 10 nitrogen and oxygen atoms in total. The highest BCUT2D eigenvalue weighted by Crippen LogP contribution is 2.28. The van der Waals surface area contributed by atoms with E-state index in [0.29, 0.717) is 11.1 Å². The van der Waals surface area contributed by atoms with E-state index in [0.717, 1.165) is 0 Å². The molecule has 0 radical (unpaired) electrons. The third-order valence-corrected chi connectivity index (χ3v) is 6.26. The molecule has 2 heterocycles. The van der Waals surface area contributed by atoms with E-state index in [-0.39, 0.29) is 54.4 Å². The number of hydrogen-bond donors (Lipinski definition) is 3. The number of aromatic amines is 1. The SMILES string of the molecule is CN(CCNC(=O)c1[nH]c(=O)c(O)c2c1CCN(Cc1ccc(F)c(Cl)c1)C2=O)OC(=O)c1ccccc1. The van der Waals surface area contributed by atoms with Gasteiger partial charge in [0, 0.05) is 26.7 Å². The quantitative estimate of drug-likeness (QED) is 0.373. The standard InChI is InChI=1S/C26H24ClFN4O6/c1-31(38-26(37)16-5-3-2-4-6-16)12-10-29-23(34)21-17-9-11-32(14-15-7-8-19(28)18(27)13-15)25(36)20(17)22(33)24(35)30-21/h2-8,13,33H,9-12,14H2,1H3,(H,29,34)(H,30,35). The predicted molar refractivity (Wildman–Crippen MR) is 135 cm³/mol. The molecule has 12 heteroatoms. The molecule has 1 aromatic heterocycles. The molecule has 1 aliphatic rings. The minimum absolute atomic E-state index is 0.0560. The number of carbonyl (C=O) groups excluding carboxylic acids is 3. The Morgan fingerprint density at radius 1 is 1.21 bits per heavy atom. The number of likely N-dealkylation sites (N-methyl/N-ethyl adjacent to an activating group) is 1. The highest BCUT2D eigenvalue weighted by molar-refractivity contribution is 6.30. The zero-order valence-electron chi connectivity index (χ0n) is 20.3. The number of amides is 2. The first-order chi connectivity index (χ1) is 18.2. The fourth-order valence-electron chi connectivity index (χ4n) is 4.05. The number of rotatable bonds is 8. The minimum atomic E-state index is -0.983. The van der Waals surface area contributed by atoms with Crippen LogP contribution in [0.4, 0.5) is 4.39 Å². The lowest BCUT2D eigenvalue weighted by Crippen LogP contribution is -2.41. The molecule has 0 bridgehead atoms.